The monoisotopic (exact) mass is 252 g/mol. The number of hydrogen-bond acceptors (Lipinski definition) is 2. The topological polar surface area (TPSA) is 32.3 Å². The number of halogens is 1. The van der Waals surface area contributed by atoms with Gasteiger partial charge in [-0.25, -0.2) is 0 Å². The van der Waals surface area contributed by atoms with Crippen LogP contribution in [0.2, 0.25) is 5.02 Å². The summed E-state index contributed by atoms with van der Waals surface area (Å²) in [5.41, 5.74) is 1.23. The molecule has 0 aliphatic carbocycles. The van der Waals surface area contributed by atoms with Crippen LogP contribution in [0.5, 0.6) is 0 Å². The van der Waals surface area contributed by atoms with Gasteiger partial charge in [0, 0.05) is 37.1 Å². The van der Waals surface area contributed by atoms with Gasteiger partial charge in [0.1, 0.15) is 0 Å². The molecule has 1 aliphatic rings. The molecule has 4 heteroatoms. The van der Waals surface area contributed by atoms with E-state index in [0.29, 0.717) is 0 Å². The number of nitrogens with one attached hydrogen (secondary N) is 1. The van der Waals surface area contributed by atoms with E-state index in [2.05, 4.69) is 10.2 Å². The average molecular weight is 253 g/mol. The van der Waals surface area contributed by atoms with E-state index in [1.165, 1.54) is 5.56 Å². The Labute approximate surface area is 107 Å². The highest BCUT2D eigenvalue weighted by molar-refractivity contribution is 6.30. The van der Waals surface area contributed by atoms with E-state index < -0.39 is 0 Å². The number of hydrogen-bond donors (Lipinski definition) is 1. The predicted octanol–water partition coefficient (Wildman–Crippen LogP) is 1.91. The van der Waals surface area contributed by atoms with E-state index in [4.69, 9.17) is 11.6 Å². The molecule has 17 heavy (non-hydrogen) atoms. The lowest BCUT2D eigenvalue weighted by molar-refractivity contribution is -0.124. The molecule has 1 aromatic rings. The Morgan fingerprint density at radius 2 is 2.12 bits per heavy atom. The maximum atomic E-state index is 11.5. The highest BCUT2D eigenvalue weighted by Crippen LogP contribution is 2.13. The smallest absolute Gasteiger partial charge is 0.224 e. The third-order valence-corrected chi connectivity index (χ3v) is 3.28. The van der Waals surface area contributed by atoms with Crippen LogP contribution >= 0.6 is 11.6 Å². The molecule has 0 radical (unpaired) electrons. The largest absolute Gasteiger partial charge is 0.355 e. The van der Waals surface area contributed by atoms with E-state index in [-0.39, 0.29) is 11.8 Å². The summed E-state index contributed by atoms with van der Waals surface area (Å²) >= 11 is 5.85. The Hall–Kier alpha value is -1.06. The molecule has 1 aromatic carbocycles. The van der Waals surface area contributed by atoms with Gasteiger partial charge in [-0.1, -0.05) is 30.7 Å². The second kappa shape index (κ2) is 5.52. The van der Waals surface area contributed by atoms with Crippen molar-refractivity contribution in [2.75, 3.05) is 19.6 Å². The summed E-state index contributed by atoms with van der Waals surface area (Å²) in [5.74, 6) is 0.216. The lowest BCUT2D eigenvalue weighted by Crippen LogP contribution is -2.29. The van der Waals surface area contributed by atoms with Crippen molar-refractivity contribution < 1.29 is 4.79 Å². The third kappa shape index (κ3) is 3.45. The van der Waals surface area contributed by atoms with Crippen LogP contribution < -0.4 is 5.32 Å². The van der Waals surface area contributed by atoms with Gasteiger partial charge in [0.25, 0.3) is 0 Å². The van der Waals surface area contributed by atoms with Crippen molar-refractivity contribution in [1.29, 1.82) is 0 Å². The van der Waals surface area contributed by atoms with Crippen LogP contribution in [0.4, 0.5) is 0 Å². The minimum atomic E-state index is 0.0600. The van der Waals surface area contributed by atoms with E-state index in [0.717, 1.165) is 31.2 Å². The summed E-state index contributed by atoms with van der Waals surface area (Å²) in [6.07, 6.45) is 0. The highest BCUT2D eigenvalue weighted by Gasteiger charge is 2.20. The summed E-state index contributed by atoms with van der Waals surface area (Å²) in [6.45, 7) is 5.29. The second-order valence-electron chi connectivity index (χ2n) is 4.55. The van der Waals surface area contributed by atoms with Crippen molar-refractivity contribution in [3.63, 3.8) is 0 Å². The molecule has 1 fully saturated rings. The summed E-state index contributed by atoms with van der Waals surface area (Å²) in [7, 11) is 0. The average Bonchev–Trinajstić information content (AvgIpc) is 2.45. The fourth-order valence-electron chi connectivity index (χ4n) is 2.06. The lowest BCUT2D eigenvalue weighted by atomic mass is 10.1. The molecule has 1 atom stereocenters. The first-order valence-electron chi connectivity index (χ1n) is 5.89. The molecule has 1 unspecified atom stereocenters. The molecule has 0 saturated carbocycles. The Bertz CT molecular complexity index is 391. The van der Waals surface area contributed by atoms with E-state index in [1.807, 2.05) is 31.2 Å². The van der Waals surface area contributed by atoms with Gasteiger partial charge >= 0.3 is 0 Å². The minimum absolute atomic E-state index is 0.0600. The lowest BCUT2D eigenvalue weighted by Gasteiger charge is -2.21. The van der Waals surface area contributed by atoms with Crippen molar-refractivity contribution >= 4 is 17.5 Å². The first kappa shape index (κ1) is 12.4. The first-order valence-corrected chi connectivity index (χ1v) is 6.27. The summed E-state index contributed by atoms with van der Waals surface area (Å²) in [6, 6.07) is 7.88. The van der Waals surface area contributed by atoms with E-state index in [9.17, 15) is 4.79 Å². The zero-order valence-corrected chi connectivity index (χ0v) is 10.7. The summed E-state index contributed by atoms with van der Waals surface area (Å²) < 4.78 is 0. The first-order chi connectivity index (χ1) is 8.15. The predicted molar refractivity (Wildman–Crippen MR) is 68.9 cm³/mol. The normalized spacial score (nSPS) is 22.0. The van der Waals surface area contributed by atoms with Crippen LogP contribution in [-0.4, -0.2) is 30.4 Å². The van der Waals surface area contributed by atoms with Crippen LogP contribution in [-0.2, 0) is 11.3 Å². The Morgan fingerprint density at radius 3 is 2.82 bits per heavy atom. The van der Waals surface area contributed by atoms with Gasteiger partial charge in [-0.2, -0.15) is 0 Å². The van der Waals surface area contributed by atoms with E-state index >= 15 is 0 Å². The van der Waals surface area contributed by atoms with Gasteiger partial charge < -0.3 is 5.32 Å². The molecule has 3 nitrogen and oxygen atoms in total. The zero-order valence-electron chi connectivity index (χ0n) is 9.95. The molecule has 1 aliphatic heterocycles. The van der Waals surface area contributed by atoms with Crippen LogP contribution in [0.25, 0.3) is 0 Å². The Balaban J connectivity index is 1.98. The molecule has 0 spiro atoms. The minimum Gasteiger partial charge on any atom is -0.355 e. The number of nitrogens with zero attached hydrogens (tertiary/aromatic N) is 1. The van der Waals surface area contributed by atoms with Crippen LogP contribution in [0, 0.1) is 5.92 Å². The molecule has 1 heterocycles. The highest BCUT2D eigenvalue weighted by atomic mass is 35.5. The molecular formula is C13H17ClN2O. The fraction of sp³-hybridized carbons (Fsp3) is 0.462. The molecule has 0 aromatic heterocycles. The summed E-state index contributed by atoms with van der Waals surface area (Å²) in [5, 5.41) is 3.68. The molecule has 0 bridgehead atoms. The van der Waals surface area contributed by atoms with Gasteiger partial charge in [-0.15, -0.1) is 0 Å². The van der Waals surface area contributed by atoms with E-state index in [1.54, 1.807) is 0 Å². The molecule has 1 amide bonds. The second-order valence-corrected chi connectivity index (χ2v) is 4.99. The fourth-order valence-corrected chi connectivity index (χ4v) is 2.19. The maximum Gasteiger partial charge on any atom is 0.224 e. The third-order valence-electron chi connectivity index (χ3n) is 3.03. The molecule has 1 saturated heterocycles. The van der Waals surface area contributed by atoms with Crippen molar-refractivity contribution in [1.82, 2.24) is 10.2 Å². The standard InChI is InChI=1S/C13H17ClN2O/c1-10-8-16(7-6-15-13(10)17)9-11-2-4-12(14)5-3-11/h2-5,10H,6-9H2,1H3,(H,15,17). The van der Waals surface area contributed by atoms with Crippen molar-refractivity contribution in [3.8, 4) is 0 Å². The SMILES string of the molecule is CC1CN(Cc2ccc(Cl)cc2)CCNC1=O. The number of carbonyl (C=O) groups is 1. The number of carbonyl (C=O) groups excluding carboxylic acids is 1. The van der Waals surface area contributed by atoms with Gasteiger partial charge in [0.05, 0.1) is 0 Å². The Kier molecular flexibility index (Phi) is 4.02. The quantitative estimate of drug-likeness (QED) is 0.872. The van der Waals surface area contributed by atoms with Crippen molar-refractivity contribution in [2.24, 2.45) is 5.92 Å². The molecule has 2 rings (SSSR count). The number of amides is 1. The zero-order chi connectivity index (χ0) is 12.3. The van der Waals surface area contributed by atoms with Crippen molar-refractivity contribution in [2.45, 2.75) is 13.5 Å². The van der Waals surface area contributed by atoms with Gasteiger partial charge in [-0.05, 0) is 17.7 Å². The van der Waals surface area contributed by atoms with Gasteiger partial charge in [0.2, 0.25) is 5.91 Å². The Morgan fingerprint density at radius 1 is 1.41 bits per heavy atom. The van der Waals surface area contributed by atoms with Crippen molar-refractivity contribution in [3.05, 3.63) is 34.9 Å². The maximum absolute atomic E-state index is 11.5. The van der Waals surface area contributed by atoms with Crippen LogP contribution in [0.3, 0.4) is 0 Å². The summed E-state index contributed by atoms with van der Waals surface area (Å²) in [4.78, 5) is 13.8. The van der Waals surface area contributed by atoms with Gasteiger partial charge in [0.15, 0.2) is 0 Å². The van der Waals surface area contributed by atoms with Crippen LogP contribution in [0.15, 0.2) is 24.3 Å². The molecule has 1 N–H and O–H groups in total. The molecule has 92 valence electrons. The number of benzene rings is 1. The number of rotatable bonds is 2. The van der Waals surface area contributed by atoms with Crippen LogP contribution in [0.1, 0.15) is 12.5 Å². The van der Waals surface area contributed by atoms with Gasteiger partial charge in [-0.3, -0.25) is 9.69 Å². The molecular weight excluding hydrogens is 236 g/mol.